The molecule has 0 aliphatic heterocycles. The third kappa shape index (κ3) is 10.0. The van der Waals surface area contributed by atoms with Gasteiger partial charge < -0.3 is 38.3 Å². The molecule has 0 aliphatic rings. The summed E-state index contributed by atoms with van der Waals surface area (Å²) in [5.41, 5.74) is 19.9. The van der Waals surface area contributed by atoms with E-state index in [4.69, 9.17) is 27.3 Å². The molecule has 0 radical (unpaired) electrons. The van der Waals surface area contributed by atoms with Crippen molar-refractivity contribution in [2.45, 2.75) is 64.1 Å². The number of amides is 4. The molecule has 3 rings (SSSR count). The lowest BCUT2D eigenvalue weighted by atomic mass is 9.90. The minimum Gasteiger partial charge on any atom is -0.481 e. The number of hydrogen-bond donors (Lipinski definition) is 7. The Labute approximate surface area is 266 Å². The lowest BCUT2D eigenvalue weighted by molar-refractivity contribution is -0.138. The number of rotatable bonds is 16. The topological polar surface area (TPSA) is 245 Å². The molecule has 3 atom stereocenters. The molecule has 14 heteroatoms. The van der Waals surface area contributed by atoms with Crippen molar-refractivity contribution in [3.8, 4) is 11.1 Å². The van der Waals surface area contributed by atoms with Gasteiger partial charge in [-0.25, -0.2) is 0 Å². The van der Waals surface area contributed by atoms with E-state index < -0.39 is 54.1 Å². The van der Waals surface area contributed by atoms with E-state index in [1.54, 1.807) is 6.92 Å². The van der Waals surface area contributed by atoms with Crippen LogP contribution in [0, 0.1) is 6.92 Å². The minimum atomic E-state index is -1.31. The number of carboxylic acid groups (broad SMARTS) is 1. The number of carbonyl (C=O) groups is 5. The Balaban J connectivity index is 2.06. The maximum atomic E-state index is 13.8. The van der Waals surface area contributed by atoms with Crippen LogP contribution in [0.15, 0.2) is 59.6 Å². The molecule has 2 aromatic carbocycles. The Morgan fingerprint density at radius 3 is 2.11 bits per heavy atom. The molecule has 1 heterocycles. The summed E-state index contributed by atoms with van der Waals surface area (Å²) >= 11 is 0. The summed E-state index contributed by atoms with van der Waals surface area (Å²) in [5.74, 6) is -4.10. The number of primary amides is 1. The highest BCUT2D eigenvalue weighted by atomic mass is 16.4. The van der Waals surface area contributed by atoms with Crippen LogP contribution in [0.4, 0.5) is 0 Å². The lowest BCUT2D eigenvalue weighted by Gasteiger charge is -2.26. The van der Waals surface area contributed by atoms with E-state index in [0.717, 1.165) is 22.0 Å². The zero-order valence-electron chi connectivity index (χ0n) is 25.8. The van der Waals surface area contributed by atoms with Gasteiger partial charge in [0.15, 0.2) is 5.96 Å². The summed E-state index contributed by atoms with van der Waals surface area (Å²) in [4.78, 5) is 71.4. The van der Waals surface area contributed by atoms with E-state index in [1.807, 2.05) is 54.6 Å². The summed E-state index contributed by atoms with van der Waals surface area (Å²) in [7, 11) is 0. The number of aryl methyl sites for hydroxylation is 1. The molecule has 4 amide bonds. The number of fused-ring (bicyclic) bond motifs is 1. The zero-order valence-corrected chi connectivity index (χ0v) is 25.8. The van der Waals surface area contributed by atoms with Crippen LogP contribution in [0.2, 0.25) is 0 Å². The highest BCUT2D eigenvalue weighted by molar-refractivity contribution is 5.98. The average Bonchev–Trinajstić information content (AvgIpc) is 3.00. The van der Waals surface area contributed by atoms with Gasteiger partial charge in [-0.05, 0) is 48.9 Å². The van der Waals surface area contributed by atoms with E-state index in [-0.39, 0.29) is 31.8 Å². The van der Waals surface area contributed by atoms with Crippen molar-refractivity contribution in [2.75, 3.05) is 6.54 Å². The van der Waals surface area contributed by atoms with Gasteiger partial charge in [-0.3, -0.25) is 33.9 Å². The van der Waals surface area contributed by atoms with E-state index in [2.05, 4.69) is 20.9 Å². The largest absolute Gasteiger partial charge is 0.481 e. The maximum Gasteiger partial charge on any atom is 0.303 e. The first-order valence-electron chi connectivity index (χ1n) is 14.7. The summed E-state index contributed by atoms with van der Waals surface area (Å²) in [6, 6.07) is 13.4. The highest BCUT2D eigenvalue weighted by Crippen LogP contribution is 2.33. The quantitative estimate of drug-likeness (QED) is 0.0664. The third-order valence-corrected chi connectivity index (χ3v) is 7.25. The van der Waals surface area contributed by atoms with Crippen LogP contribution in [0.3, 0.4) is 0 Å². The number of pyridine rings is 1. The van der Waals surface area contributed by atoms with Crippen LogP contribution < -0.4 is 33.2 Å². The Morgan fingerprint density at radius 1 is 0.848 bits per heavy atom. The number of aromatic nitrogens is 1. The minimum absolute atomic E-state index is 0.0589. The first-order valence-corrected chi connectivity index (χ1v) is 14.7. The second kappa shape index (κ2) is 16.5. The van der Waals surface area contributed by atoms with Gasteiger partial charge in [-0.15, -0.1) is 0 Å². The second-order valence-corrected chi connectivity index (χ2v) is 10.8. The van der Waals surface area contributed by atoms with Gasteiger partial charge in [-0.1, -0.05) is 48.5 Å². The molecule has 3 aromatic rings. The standard InChI is InChI=1S/C32H40N8O6/c1-18-22(28(20-9-4-3-5-10-20)21-11-6-7-12-23(21)37-18)17-26(31(46)39-24(29(33)44)14-15-27(42)43)40-30(45)25(38-19(2)41)13-8-16-36-32(34)35/h3-7,9-12,24-26H,8,13-17H2,1-2H3,(H2,33,44)(H,38,41)(H,39,46)(H,40,45)(H,42,43)(H4,34,35,36)/t24-,25-,26?/m1/s1. The number of para-hydroxylation sites is 1. The molecule has 0 aliphatic carbocycles. The number of aliphatic carboxylic acids is 1. The number of nitrogens with two attached hydrogens (primary N) is 3. The molecule has 0 fully saturated rings. The van der Waals surface area contributed by atoms with Crippen LogP contribution in [-0.2, 0) is 30.4 Å². The second-order valence-electron chi connectivity index (χ2n) is 10.8. The van der Waals surface area contributed by atoms with Gasteiger partial charge in [0.1, 0.15) is 18.1 Å². The molecule has 46 heavy (non-hydrogen) atoms. The maximum absolute atomic E-state index is 13.8. The van der Waals surface area contributed by atoms with E-state index in [0.29, 0.717) is 17.7 Å². The van der Waals surface area contributed by atoms with Crippen LogP contribution in [0.25, 0.3) is 22.0 Å². The molecule has 10 N–H and O–H groups in total. The van der Waals surface area contributed by atoms with Crippen molar-refractivity contribution in [2.24, 2.45) is 22.2 Å². The molecule has 1 aromatic heterocycles. The number of nitrogens with zero attached hydrogens (tertiary/aromatic N) is 2. The Kier molecular flexibility index (Phi) is 12.6. The monoisotopic (exact) mass is 632 g/mol. The highest BCUT2D eigenvalue weighted by Gasteiger charge is 2.31. The fraction of sp³-hybridized carbons (Fsp3) is 0.344. The lowest BCUT2D eigenvalue weighted by Crippen LogP contribution is -2.57. The van der Waals surface area contributed by atoms with E-state index in [1.165, 1.54) is 6.92 Å². The van der Waals surface area contributed by atoms with E-state index in [9.17, 15) is 24.0 Å². The number of aliphatic imine (C=N–C) groups is 1. The Bertz CT molecular complexity index is 1610. The fourth-order valence-electron chi connectivity index (χ4n) is 5.09. The molecule has 0 spiro atoms. The number of guanidine groups is 1. The molecule has 1 unspecified atom stereocenters. The molecular formula is C32H40N8O6. The average molecular weight is 633 g/mol. The van der Waals surface area contributed by atoms with Gasteiger partial charge in [0.05, 0.1) is 5.52 Å². The van der Waals surface area contributed by atoms with Crippen LogP contribution >= 0.6 is 0 Å². The number of carboxylic acids is 1. The molecule has 14 nitrogen and oxygen atoms in total. The molecule has 0 saturated heterocycles. The van der Waals surface area contributed by atoms with Gasteiger partial charge in [0.2, 0.25) is 23.6 Å². The van der Waals surface area contributed by atoms with Crippen molar-refractivity contribution in [3.63, 3.8) is 0 Å². The third-order valence-electron chi connectivity index (χ3n) is 7.25. The van der Waals surface area contributed by atoms with Crippen LogP contribution in [-0.4, -0.2) is 70.3 Å². The summed E-state index contributed by atoms with van der Waals surface area (Å²) in [6.45, 7) is 3.27. The smallest absolute Gasteiger partial charge is 0.303 e. The van der Waals surface area contributed by atoms with E-state index >= 15 is 0 Å². The number of hydrogen-bond acceptors (Lipinski definition) is 7. The zero-order chi connectivity index (χ0) is 33.8. The molecule has 0 bridgehead atoms. The summed E-state index contributed by atoms with van der Waals surface area (Å²) in [6.07, 6.45) is -0.223. The molecular weight excluding hydrogens is 592 g/mol. The molecule has 0 saturated carbocycles. The first kappa shape index (κ1) is 35.0. The Hall–Kier alpha value is -5.53. The van der Waals surface area contributed by atoms with Gasteiger partial charge in [0, 0.05) is 37.4 Å². The van der Waals surface area contributed by atoms with Gasteiger partial charge in [0.25, 0.3) is 0 Å². The fourth-order valence-corrected chi connectivity index (χ4v) is 5.09. The Morgan fingerprint density at radius 2 is 1.48 bits per heavy atom. The molecule has 244 valence electrons. The first-order chi connectivity index (χ1) is 21.9. The van der Waals surface area contributed by atoms with Crippen molar-refractivity contribution in [1.82, 2.24) is 20.9 Å². The van der Waals surface area contributed by atoms with Gasteiger partial charge in [-0.2, -0.15) is 0 Å². The van der Waals surface area contributed by atoms with Crippen LogP contribution in [0.5, 0.6) is 0 Å². The summed E-state index contributed by atoms with van der Waals surface area (Å²) in [5, 5.41) is 17.8. The van der Waals surface area contributed by atoms with Crippen molar-refractivity contribution >= 4 is 46.5 Å². The summed E-state index contributed by atoms with van der Waals surface area (Å²) < 4.78 is 0. The van der Waals surface area contributed by atoms with Crippen molar-refractivity contribution in [3.05, 3.63) is 65.9 Å². The van der Waals surface area contributed by atoms with Gasteiger partial charge >= 0.3 is 5.97 Å². The van der Waals surface area contributed by atoms with Crippen molar-refractivity contribution < 1.29 is 29.1 Å². The van der Waals surface area contributed by atoms with Crippen LogP contribution in [0.1, 0.15) is 43.9 Å². The number of benzene rings is 2. The normalized spacial score (nSPS) is 12.7. The van der Waals surface area contributed by atoms with Crippen molar-refractivity contribution in [1.29, 1.82) is 0 Å². The number of nitrogens with one attached hydrogen (secondary N) is 3. The SMILES string of the molecule is CC(=O)N[C@H](CCCN=C(N)N)C(=O)NC(Cc1c(C)nc2ccccc2c1-c1ccccc1)C(=O)N[C@H](CCC(=O)O)C(N)=O. The number of carbonyl (C=O) groups excluding carboxylic acids is 4. The predicted molar refractivity (Wildman–Crippen MR) is 173 cm³/mol. The predicted octanol–water partition coefficient (Wildman–Crippen LogP) is 0.631.